The summed E-state index contributed by atoms with van der Waals surface area (Å²) in [5.74, 6) is 3.04. The zero-order valence-corrected chi connectivity index (χ0v) is 19.4. The average molecular weight is 446 g/mol. The highest BCUT2D eigenvalue weighted by atomic mass is 32.2. The van der Waals surface area contributed by atoms with E-state index in [1.807, 2.05) is 24.3 Å². The lowest BCUT2D eigenvalue weighted by Crippen LogP contribution is -2.59. The molecule has 0 saturated heterocycles. The first-order valence-electron chi connectivity index (χ1n) is 11.9. The summed E-state index contributed by atoms with van der Waals surface area (Å²) in [6.45, 7) is 2.26. The largest absolute Gasteiger partial charge is 0.484 e. The molecule has 4 aliphatic rings. The van der Waals surface area contributed by atoms with Crippen LogP contribution in [0, 0.1) is 29.5 Å². The Labute approximate surface area is 193 Å². The Morgan fingerprint density at radius 3 is 1.78 bits per heavy atom. The van der Waals surface area contributed by atoms with Crippen LogP contribution in [0.3, 0.4) is 0 Å². The second-order valence-electron chi connectivity index (χ2n) is 10.1. The summed E-state index contributed by atoms with van der Waals surface area (Å²) in [5.41, 5.74) is -0.245. The van der Waals surface area contributed by atoms with Crippen molar-refractivity contribution < 1.29 is 9.13 Å². The minimum Gasteiger partial charge on any atom is -0.484 e. The van der Waals surface area contributed by atoms with Gasteiger partial charge in [0, 0.05) is 6.07 Å². The smallest absolute Gasteiger partial charge is 0.170 e. The van der Waals surface area contributed by atoms with E-state index in [9.17, 15) is 0 Å². The molecule has 0 N–H and O–H groups in total. The molecule has 164 valence electrons. The molecular weight excluding hydrogens is 415 g/mol. The third kappa shape index (κ3) is 3.46. The Morgan fingerprint density at radius 1 is 0.719 bits per heavy atom. The molecule has 3 aromatic rings. The van der Waals surface area contributed by atoms with E-state index in [0.717, 1.165) is 16.7 Å². The Hall–Kier alpha value is -2.26. The number of benzene rings is 3. The van der Waals surface area contributed by atoms with Crippen LogP contribution >= 0.6 is 0 Å². The predicted octanol–water partition coefficient (Wildman–Crippen LogP) is 7.51. The van der Waals surface area contributed by atoms with E-state index < -0.39 is 0 Å². The van der Waals surface area contributed by atoms with Crippen LogP contribution in [0.4, 0.5) is 4.39 Å². The Kier molecular flexibility index (Phi) is 5.06. The zero-order valence-electron chi connectivity index (χ0n) is 18.5. The van der Waals surface area contributed by atoms with Crippen LogP contribution in [-0.4, -0.2) is 5.60 Å². The van der Waals surface area contributed by atoms with Crippen molar-refractivity contribution in [2.75, 3.05) is 0 Å². The number of hydrogen-bond donors (Lipinski definition) is 0. The molecule has 0 radical (unpaired) electrons. The molecule has 0 unspecified atom stereocenters. The maximum Gasteiger partial charge on any atom is 0.170 e. The molecule has 1 nitrogen and oxygen atoms in total. The number of rotatable bonds is 5. The highest BCUT2D eigenvalue weighted by Gasteiger charge is 2.56. The molecule has 0 aromatic heterocycles. The minimum atomic E-state index is -0.304. The maximum absolute atomic E-state index is 15.1. The Bertz CT molecular complexity index is 1030. The fraction of sp³-hybridized carbons (Fsp3) is 0.379. The van der Waals surface area contributed by atoms with Crippen LogP contribution < -0.4 is 4.74 Å². The fourth-order valence-corrected chi connectivity index (χ4v) is 8.84. The second-order valence-corrected chi connectivity index (χ2v) is 12.1. The van der Waals surface area contributed by atoms with Gasteiger partial charge in [-0.3, -0.25) is 0 Å². The first-order chi connectivity index (χ1) is 15.6. The topological polar surface area (TPSA) is 9.23 Å². The van der Waals surface area contributed by atoms with Gasteiger partial charge in [-0.15, -0.1) is 0 Å². The third-order valence-electron chi connectivity index (χ3n) is 8.19. The van der Waals surface area contributed by atoms with Gasteiger partial charge in [0.15, 0.2) is 26.3 Å². The van der Waals surface area contributed by atoms with E-state index in [4.69, 9.17) is 4.74 Å². The summed E-state index contributed by atoms with van der Waals surface area (Å²) in [6.07, 6.45) is 6.42. The predicted molar refractivity (Wildman–Crippen MR) is 128 cm³/mol. The summed E-state index contributed by atoms with van der Waals surface area (Å²) in [6, 6.07) is 26.6. The van der Waals surface area contributed by atoms with E-state index in [1.54, 1.807) is 6.07 Å². The van der Waals surface area contributed by atoms with Gasteiger partial charge in [-0.2, -0.15) is 0 Å². The van der Waals surface area contributed by atoms with Crippen molar-refractivity contribution >= 4 is 10.9 Å². The van der Waals surface area contributed by atoms with Gasteiger partial charge < -0.3 is 4.74 Å². The molecule has 0 aliphatic heterocycles. The van der Waals surface area contributed by atoms with Crippen molar-refractivity contribution in [3.63, 3.8) is 0 Å². The Balaban J connectivity index is 1.38. The standard InChI is InChI=1S/C29H30FOS/c1-29(22-15-20-14-21(17-22)18-23(29)16-20)31-28-19-26(12-13-27(28)30)32(24-8-4-2-5-9-24)25-10-6-3-7-11-25/h2-13,19-23H,14-18H2,1H3/q+1. The van der Waals surface area contributed by atoms with Gasteiger partial charge in [0.05, 0.1) is 10.9 Å². The molecule has 3 heteroatoms. The summed E-state index contributed by atoms with van der Waals surface area (Å²) in [5, 5.41) is 0. The van der Waals surface area contributed by atoms with Crippen LogP contribution in [0.1, 0.15) is 39.0 Å². The quantitative estimate of drug-likeness (QED) is 0.369. The summed E-state index contributed by atoms with van der Waals surface area (Å²) in [4.78, 5) is 3.57. The lowest BCUT2D eigenvalue weighted by Gasteiger charge is -2.59. The van der Waals surface area contributed by atoms with Crippen molar-refractivity contribution in [1.82, 2.24) is 0 Å². The average Bonchev–Trinajstić information content (AvgIpc) is 2.81. The van der Waals surface area contributed by atoms with E-state index >= 15 is 4.39 Å². The first kappa shape index (κ1) is 20.4. The normalized spacial score (nSPS) is 30.6. The van der Waals surface area contributed by atoms with Crippen LogP contribution in [0.2, 0.25) is 0 Å². The molecule has 0 spiro atoms. The van der Waals surface area contributed by atoms with Crippen molar-refractivity contribution in [2.45, 2.75) is 59.3 Å². The lowest BCUT2D eigenvalue weighted by molar-refractivity contribution is -0.146. The van der Waals surface area contributed by atoms with Gasteiger partial charge in [-0.1, -0.05) is 36.4 Å². The Morgan fingerprint density at radius 2 is 1.25 bits per heavy atom. The van der Waals surface area contributed by atoms with E-state index in [2.05, 4.69) is 55.5 Å². The van der Waals surface area contributed by atoms with Crippen molar-refractivity contribution in [1.29, 1.82) is 0 Å². The zero-order chi connectivity index (χ0) is 21.7. The van der Waals surface area contributed by atoms with Gasteiger partial charge in [-0.05, 0) is 99.1 Å². The van der Waals surface area contributed by atoms with E-state index in [-0.39, 0.29) is 22.3 Å². The molecular formula is C29H30FOS+. The number of ether oxygens (including phenoxy) is 1. The highest BCUT2D eigenvalue weighted by Crippen LogP contribution is 2.59. The van der Waals surface area contributed by atoms with Crippen molar-refractivity contribution in [3.8, 4) is 5.75 Å². The van der Waals surface area contributed by atoms with Gasteiger partial charge in [-0.25, -0.2) is 4.39 Å². The maximum atomic E-state index is 15.1. The van der Waals surface area contributed by atoms with Crippen molar-refractivity contribution in [2.24, 2.45) is 23.7 Å². The molecule has 4 fully saturated rings. The second kappa shape index (κ2) is 7.95. The molecule has 4 saturated carbocycles. The van der Waals surface area contributed by atoms with Crippen LogP contribution in [0.5, 0.6) is 5.75 Å². The SMILES string of the molecule is CC1(Oc2cc([S+](c3ccccc3)c3ccccc3)ccc2F)C2CC3CC(C2)CC1C3. The monoisotopic (exact) mass is 445 g/mol. The van der Waals surface area contributed by atoms with Gasteiger partial charge in [0.1, 0.15) is 5.60 Å². The summed E-state index contributed by atoms with van der Waals surface area (Å²) >= 11 is 0. The van der Waals surface area contributed by atoms with Crippen LogP contribution in [-0.2, 0) is 10.9 Å². The van der Waals surface area contributed by atoms with Gasteiger partial charge >= 0.3 is 0 Å². The highest BCUT2D eigenvalue weighted by molar-refractivity contribution is 7.97. The molecule has 0 atom stereocenters. The summed E-state index contributed by atoms with van der Waals surface area (Å²) < 4.78 is 21.8. The molecule has 7 rings (SSSR count). The fourth-order valence-electron chi connectivity index (χ4n) is 6.73. The number of halogens is 1. The molecule has 0 amide bonds. The molecule has 4 aliphatic carbocycles. The summed E-state index contributed by atoms with van der Waals surface area (Å²) in [7, 11) is -0.304. The van der Waals surface area contributed by atoms with Crippen LogP contribution in [0.25, 0.3) is 0 Å². The van der Waals surface area contributed by atoms with E-state index in [1.165, 1.54) is 41.9 Å². The molecule has 32 heavy (non-hydrogen) atoms. The molecule has 3 aromatic carbocycles. The number of hydrogen-bond acceptors (Lipinski definition) is 1. The van der Waals surface area contributed by atoms with Gasteiger partial charge in [0.2, 0.25) is 0 Å². The molecule has 4 bridgehead atoms. The van der Waals surface area contributed by atoms with E-state index in [0.29, 0.717) is 17.6 Å². The van der Waals surface area contributed by atoms with Crippen LogP contribution in [0.15, 0.2) is 93.5 Å². The minimum absolute atomic E-state index is 0.242. The van der Waals surface area contributed by atoms with Crippen molar-refractivity contribution in [3.05, 3.63) is 84.7 Å². The lowest BCUT2D eigenvalue weighted by atomic mass is 9.50. The first-order valence-corrected chi connectivity index (χ1v) is 13.2. The molecule has 0 heterocycles. The van der Waals surface area contributed by atoms with Gasteiger partial charge in [0.25, 0.3) is 0 Å². The third-order valence-corrected chi connectivity index (χ3v) is 10.4.